The Morgan fingerprint density at radius 1 is 1.45 bits per heavy atom. The molecule has 0 aromatic heterocycles. The Hall–Kier alpha value is 1.13. The fourth-order valence-electron chi connectivity index (χ4n) is 0.381. The van der Waals surface area contributed by atoms with Gasteiger partial charge in [0.1, 0.15) is 10.1 Å². The number of rotatable bonds is 4. The summed E-state index contributed by atoms with van der Waals surface area (Å²) < 4.78 is 29.8. The Balaban J connectivity index is 0. The zero-order chi connectivity index (χ0) is 8.04. The molecule has 60 valence electrons. The first-order valence-electron chi connectivity index (χ1n) is 2.74. The third-order valence-electron chi connectivity index (χ3n) is 0.767. The third-order valence-corrected chi connectivity index (χ3v) is 1.85. The van der Waals surface area contributed by atoms with Crippen LogP contribution in [0.2, 0.25) is 0 Å². The van der Waals surface area contributed by atoms with E-state index in [1.54, 1.807) is 0 Å². The summed E-state index contributed by atoms with van der Waals surface area (Å²) >= 11 is 3.17. The fraction of sp³-hybridized carbons (Fsp3) is 0.600. The van der Waals surface area contributed by atoms with Gasteiger partial charge >= 0.3 is 29.6 Å². The Labute approximate surface area is 97.4 Å². The van der Waals surface area contributed by atoms with E-state index in [1.807, 2.05) is 0 Å². The number of unbranched alkanes of at least 4 members (excludes halogenated alkanes) is 1. The van der Waals surface area contributed by atoms with E-state index >= 15 is 0 Å². The molecule has 0 amide bonds. The molecule has 0 N–H and O–H groups in total. The van der Waals surface area contributed by atoms with E-state index in [0.717, 1.165) is 11.8 Å². The minimum atomic E-state index is -4.15. The minimum Gasteiger partial charge on any atom is -0.744 e. The second-order valence-electron chi connectivity index (χ2n) is 1.70. The smallest absolute Gasteiger partial charge is 0.744 e. The molecule has 11 heavy (non-hydrogen) atoms. The summed E-state index contributed by atoms with van der Waals surface area (Å²) in [4.78, 5) is 0. The first-order valence-corrected chi connectivity index (χ1v) is 5.34. The summed E-state index contributed by atoms with van der Waals surface area (Å²) in [6, 6.07) is 0. The maximum atomic E-state index is 9.94. The van der Waals surface area contributed by atoms with Crippen LogP contribution in [-0.4, -0.2) is 18.3 Å². The van der Waals surface area contributed by atoms with Crippen LogP contribution in [-0.2, 0) is 10.1 Å². The maximum absolute atomic E-state index is 9.94. The Kier molecular flexibility index (Phi) is 10.3. The molecule has 0 rings (SSSR count). The summed E-state index contributed by atoms with van der Waals surface area (Å²) in [5, 5.41) is 1.51. The van der Waals surface area contributed by atoms with E-state index in [0.29, 0.717) is 11.8 Å². The average Bonchev–Trinajstić information content (AvgIpc) is 1.78. The van der Waals surface area contributed by atoms with E-state index in [4.69, 9.17) is 0 Å². The molecule has 0 unspecified atom stereocenters. The van der Waals surface area contributed by atoms with Crippen LogP contribution in [0.15, 0.2) is 11.5 Å². The molecule has 0 heterocycles. The molecule has 0 radical (unpaired) electrons. The molecular formula is C5H8BrNaO3S. The number of hydrogen-bond donors (Lipinski definition) is 0. The third kappa shape index (κ3) is 14.0. The molecule has 0 aliphatic carbocycles. The fourth-order valence-corrected chi connectivity index (χ4v) is 1.08. The Morgan fingerprint density at radius 3 is 2.36 bits per heavy atom. The van der Waals surface area contributed by atoms with Gasteiger partial charge < -0.3 is 4.55 Å². The molecule has 3 nitrogen and oxygen atoms in total. The van der Waals surface area contributed by atoms with Gasteiger partial charge in [-0.1, -0.05) is 22.0 Å². The topological polar surface area (TPSA) is 57.2 Å². The van der Waals surface area contributed by atoms with Crippen molar-refractivity contribution in [1.82, 2.24) is 0 Å². The Morgan fingerprint density at radius 2 is 2.00 bits per heavy atom. The summed E-state index contributed by atoms with van der Waals surface area (Å²) in [5.74, 6) is 0. The zero-order valence-electron chi connectivity index (χ0n) is 6.29. The van der Waals surface area contributed by atoms with Crippen LogP contribution < -0.4 is 29.6 Å². The van der Waals surface area contributed by atoms with Gasteiger partial charge in [-0.2, -0.15) is 0 Å². The van der Waals surface area contributed by atoms with Crippen LogP contribution >= 0.6 is 15.9 Å². The second-order valence-corrected chi connectivity index (χ2v) is 3.75. The molecule has 0 bridgehead atoms. The van der Waals surface area contributed by atoms with Gasteiger partial charge in [0.2, 0.25) is 0 Å². The van der Waals surface area contributed by atoms with Crippen LogP contribution in [0.1, 0.15) is 12.8 Å². The van der Waals surface area contributed by atoms with Gasteiger partial charge in [-0.15, -0.1) is 0 Å². The summed E-state index contributed by atoms with van der Waals surface area (Å²) in [6.45, 7) is 0. The standard InChI is InChI=1S/C5H9BrO3S.Na/c6-4-2-1-3-5-10(7,8)9;/h3,5H,1-2,4H2,(H,7,8,9);/q;+1/p-1. The molecule has 0 fully saturated rings. The van der Waals surface area contributed by atoms with E-state index < -0.39 is 10.1 Å². The number of alkyl halides is 1. The molecule has 0 aliphatic heterocycles. The first-order chi connectivity index (χ1) is 4.56. The van der Waals surface area contributed by atoms with Crippen molar-refractivity contribution in [3.05, 3.63) is 11.5 Å². The van der Waals surface area contributed by atoms with Gasteiger partial charge in [0.25, 0.3) is 0 Å². The molecule has 0 saturated carbocycles. The van der Waals surface area contributed by atoms with E-state index in [9.17, 15) is 13.0 Å². The van der Waals surface area contributed by atoms with Crippen molar-refractivity contribution in [3.8, 4) is 0 Å². The molecule has 0 aromatic carbocycles. The van der Waals surface area contributed by atoms with Gasteiger partial charge in [-0.25, -0.2) is 8.42 Å². The Bertz CT molecular complexity index is 200. The van der Waals surface area contributed by atoms with Crippen LogP contribution in [0, 0.1) is 0 Å². The summed E-state index contributed by atoms with van der Waals surface area (Å²) in [7, 11) is -4.15. The van der Waals surface area contributed by atoms with Crippen molar-refractivity contribution in [1.29, 1.82) is 0 Å². The van der Waals surface area contributed by atoms with Gasteiger partial charge in [-0.05, 0) is 12.8 Å². The van der Waals surface area contributed by atoms with Gasteiger partial charge in [-0.3, -0.25) is 0 Å². The van der Waals surface area contributed by atoms with Crippen molar-refractivity contribution in [3.63, 3.8) is 0 Å². The minimum absolute atomic E-state index is 0. The normalized spacial score (nSPS) is 11.5. The van der Waals surface area contributed by atoms with E-state index in [2.05, 4.69) is 15.9 Å². The van der Waals surface area contributed by atoms with Crippen LogP contribution in [0.5, 0.6) is 0 Å². The molecule has 0 saturated heterocycles. The van der Waals surface area contributed by atoms with Crippen LogP contribution in [0.3, 0.4) is 0 Å². The molecule has 0 aliphatic rings. The van der Waals surface area contributed by atoms with Crippen molar-refractivity contribution in [2.24, 2.45) is 0 Å². The number of halogens is 1. The predicted molar refractivity (Wildman–Crippen MR) is 41.9 cm³/mol. The zero-order valence-corrected chi connectivity index (χ0v) is 10.7. The summed E-state index contributed by atoms with van der Waals surface area (Å²) in [5.41, 5.74) is 0. The SMILES string of the molecule is O=S(=O)([O-])C=CCCCBr.[Na+]. The molecule has 0 atom stereocenters. The second kappa shape index (κ2) is 7.76. The van der Waals surface area contributed by atoms with Gasteiger partial charge in [0, 0.05) is 10.7 Å². The van der Waals surface area contributed by atoms with Crippen molar-refractivity contribution >= 4 is 26.0 Å². The molecule has 0 spiro atoms. The molecule has 6 heteroatoms. The van der Waals surface area contributed by atoms with Gasteiger partial charge in [0.05, 0.1) is 0 Å². The number of allylic oxidation sites excluding steroid dienone is 1. The molecular weight excluding hydrogens is 243 g/mol. The number of hydrogen-bond acceptors (Lipinski definition) is 3. The summed E-state index contributed by atoms with van der Waals surface area (Å²) in [6.07, 6.45) is 2.82. The van der Waals surface area contributed by atoms with Crippen molar-refractivity contribution < 1.29 is 42.5 Å². The van der Waals surface area contributed by atoms with Crippen LogP contribution in [0.4, 0.5) is 0 Å². The predicted octanol–water partition coefficient (Wildman–Crippen LogP) is -1.78. The maximum Gasteiger partial charge on any atom is 1.00 e. The van der Waals surface area contributed by atoms with Crippen LogP contribution in [0.25, 0.3) is 0 Å². The van der Waals surface area contributed by atoms with Crippen molar-refractivity contribution in [2.45, 2.75) is 12.8 Å². The first kappa shape index (κ1) is 14.6. The van der Waals surface area contributed by atoms with Crippen molar-refractivity contribution in [2.75, 3.05) is 5.33 Å². The monoisotopic (exact) mass is 250 g/mol. The largest absolute Gasteiger partial charge is 1.00 e. The quantitative estimate of drug-likeness (QED) is 0.257. The van der Waals surface area contributed by atoms with Gasteiger partial charge in [0.15, 0.2) is 0 Å². The molecule has 0 aromatic rings. The average molecular weight is 251 g/mol. The van der Waals surface area contributed by atoms with E-state index in [-0.39, 0.29) is 29.6 Å². The van der Waals surface area contributed by atoms with E-state index in [1.165, 1.54) is 6.08 Å².